The van der Waals surface area contributed by atoms with Crippen LogP contribution in [-0.4, -0.2) is 10.9 Å². The van der Waals surface area contributed by atoms with Crippen molar-refractivity contribution in [2.24, 2.45) is 0 Å². The third kappa shape index (κ3) is 2.73. The molecule has 22 heavy (non-hydrogen) atoms. The molecule has 1 aromatic carbocycles. The number of carbonyl (C=O) groups is 1. The normalized spacial score (nSPS) is 10.7. The zero-order valence-electron chi connectivity index (χ0n) is 11.4. The number of rotatable bonds is 3. The molecule has 1 amide bonds. The predicted octanol–water partition coefficient (Wildman–Crippen LogP) is 4.29. The first-order valence-corrected chi connectivity index (χ1v) is 6.69. The van der Waals surface area contributed by atoms with Crippen LogP contribution in [-0.2, 0) is 0 Å². The Hall–Kier alpha value is -2.60. The second-order valence-electron chi connectivity index (χ2n) is 4.52. The van der Waals surface area contributed by atoms with E-state index in [9.17, 15) is 9.18 Å². The molecule has 0 aliphatic carbocycles. The van der Waals surface area contributed by atoms with Crippen molar-refractivity contribution in [2.45, 2.75) is 6.92 Å². The number of amides is 1. The number of carbonyl (C=O) groups excluding carboxylic acids is 1. The van der Waals surface area contributed by atoms with E-state index in [4.69, 9.17) is 20.4 Å². The molecule has 112 valence electrons. The molecule has 0 atom stereocenters. The van der Waals surface area contributed by atoms with E-state index in [1.807, 2.05) is 0 Å². The Balaban J connectivity index is 1.89. The first-order valence-electron chi connectivity index (χ1n) is 6.31. The van der Waals surface area contributed by atoms with Gasteiger partial charge in [0.05, 0.1) is 5.69 Å². The van der Waals surface area contributed by atoms with Gasteiger partial charge in [-0.1, -0.05) is 11.6 Å². The highest BCUT2D eigenvalue weighted by Gasteiger charge is 2.21. The lowest BCUT2D eigenvalue weighted by Gasteiger charge is -2.05. The van der Waals surface area contributed by atoms with E-state index in [0.29, 0.717) is 11.5 Å². The molecule has 2 aromatic heterocycles. The van der Waals surface area contributed by atoms with Crippen LogP contribution < -0.4 is 5.32 Å². The lowest BCUT2D eigenvalue weighted by Crippen LogP contribution is -2.14. The fourth-order valence-corrected chi connectivity index (χ4v) is 2.07. The zero-order valence-corrected chi connectivity index (χ0v) is 12.1. The van der Waals surface area contributed by atoms with Crippen LogP contribution in [0.25, 0.3) is 11.5 Å². The van der Waals surface area contributed by atoms with Gasteiger partial charge in [-0.25, -0.2) is 9.37 Å². The van der Waals surface area contributed by atoms with Gasteiger partial charge in [0.2, 0.25) is 5.76 Å². The van der Waals surface area contributed by atoms with Gasteiger partial charge in [0, 0.05) is 5.02 Å². The highest BCUT2D eigenvalue weighted by molar-refractivity contribution is 6.30. The Morgan fingerprint density at radius 1 is 1.32 bits per heavy atom. The average molecular weight is 321 g/mol. The van der Waals surface area contributed by atoms with Gasteiger partial charge in [-0.2, -0.15) is 0 Å². The van der Waals surface area contributed by atoms with Crippen molar-refractivity contribution in [3.8, 4) is 11.5 Å². The quantitative estimate of drug-likeness (QED) is 0.781. The molecule has 0 unspecified atom stereocenters. The highest BCUT2D eigenvalue weighted by atomic mass is 35.5. The number of nitrogens with one attached hydrogen (secondary N) is 1. The molecule has 0 bridgehead atoms. The minimum atomic E-state index is -0.639. The minimum absolute atomic E-state index is 0.000949. The van der Waals surface area contributed by atoms with Gasteiger partial charge in [0.25, 0.3) is 5.91 Å². The average Bonchev–Trinajstić information content (AvgIpc) is 3.10. The monoisotopic (exact) mass is 320 g/mol. The van der Waals surface area contributed by atoms with Crippen molar-refractivity contribution >= 4 is 23.2 Å². The summed E-state index contributed by atoms with van der Waals surface area (Å²) in [5.41, 5.74) is 0.00248. The second kappa shape index (κ2) is 5.65. The Morgan fingerprint density at radius 3 is 2.82 bits per heavy atom. The van der Waals surface area contributed by atoms with Gasteiger partial charge in [0.15, 0.2) is 17.8 Å². The lowest BCUT2D eigenvalue weighted by molar-refractivity contribution is 0.102. The zero-order chi connectivity index (χ0) is 15.7. The number of furan rings is 1. The Kier molecular flexibility index (Phi) is 3.68. The molecule has 2 heterocycles. The molecule has 3 aromatic rings. The predicted molar refractivity (Wildman–Crippen MR) is 78.3 cm³/mol. The summed E-state index contributed by atoms with van der Waals surface area (Å²) in [6.45, 7) is 1.77. The lowest BCUT2D eigenvalue weighted by atomic mass is 10.2. The van der Waals surface area contributed by atoms with Crippen LogP contribution in [0.4, 0.5) is 10.1 Å². The summed E-state index contributed by atoms with van der Waals surface area (Å²) in [5.74, 6) is -0.0306. The summed E-state index contributed by atoms with van der Waals surface area (Å²) in [4.78, 5) is 16.1. The van der Waals surface area contributed by atoms with Crippen molar-refractivity contribution in [3.05, 3.63) is 59.0 Å². The third-order valence-electron chi connectivity index (χ3n) is 2.93. The SMILES string of the molecule is Cc1ccc(-c2ocnc2C(=O)Nc2ccc(Cl)cc2F)o1. The number of halogens is 2. The molecule has 0 radical (unpaired) electrons. The van der Waals surface area contributed by atoms with Crippen LogP contribution in [0.1, 0.15) is 16.2 Å². The van der Waals surface area contributed by atoms with E-state index in [0.717, 1.165) is 12.5 Å². The van der Waals surface area contributed by atoms with Crippen molar-refractivity contribution in [1.82, 2.24) is 4.98 Å². The molecule has 7 heteroatoms. The maximum atomic E-state index is 13.7. The molecule has 0 aliphatic rings. The van der Waals surface area contributed by atoms with Crippen LogP contribution in [0.3, 0.4) is 0 Å². The van der Waals surface area contributed by atoms with Crippen LogP contribution in [0.2, 0.25) is 5.02 Å². The fraction of sp³-hybridized carbons (Fsp3) is 0.0667. The number of hydrogen-bond donors (Lipinski definition) is 1. The fourth-order valence-electron chi connectivity index (χ4n) is 1.91. The number of nitrogens with zero attached hydrogens (tertiary/aromatic N) is 1. The number of oxazole rings is 1. The number of benzene rings is 1. The van der Waals surface area contributed by atoms with Crippen LogP contribution in [0, 0.1) is 12.7 Å². The topological polar surface area (TPSA) is 68.3 Å². The largest absolute Gasteiger partial charge is 0.458 e. The summed E-state index contributed by atoms with van der Waals surface area (Å²) in [7, 11) is 0. The smallest absolute Gasteiger partial charge is 0.278 e. The number of aromatic nitrogens is 1. The van der Waals surface area contributed by atoms with Crippen LogP contribution in [0.15, 0.2) is 45.6 Å². The highest BCUT2D eigenvalue weighted by Crippen LogP contribution is 2.26. The summed E-state index contributed by atoms with van der Waals surface area (Å²) in [6.07, 6.45) is 1.13. The van der Waals surface area contributed by atoms with E-state index in [-0.39, 0.29) is 22.2 Å². The van der Waals surface area contributed by atoms with Gasteiger partial charge in [-0.05, 0) is 37.3 Å². The van der Waals surface area contributed by atoms with E-state index in [1.165, 1.54) is 12.1 Å². The van der Waals surface area contributed by atoms with Crippen molar-refractivity contribution in [2.75, 3.05) is 5.32 Å². The van der Waals surface area contributed by atoms with E-state index in [2.05, 4.69) is 10.3 Å². The van der Waals surface area contributed by atoms with Crippen LogP contribution >= 0.6 is 11.6 Å². The Morgan fingerprint density at radius 2 is 2.14 bits per heavy atom. The molecule has 0 saturated heterocycles. The molecule has 0 fully saturated rings. The minimum Gasteiger partial charge on any atom is -0.458 e. The van der Waals surface area contributed by atoms with E-state index >= 15 is 0 Å². The molecule has 0 spiro atoms. The Labute approximate surface area is 129 Å². The molecule has 0 saturated carbocycles. The van der Waals surface area contributed by atoms with E-state index in [1.54, 1.807) is 19.1 Å². The first kappa shape index (κ1) is 14.3. The molecule has 3 rings (SSSR count). The number of anilines is 1. The summed E-state index contributed by atoms with van der Waals surface area (Å²) >= 11 is 5.67. The van der Waals surface area contributed by atoms with Crippen molar-refractivity contribution in [3.63, 3.8) is 0 Å². The van der Waals surface area contributed by atoms with Gasteiger partial charge in [-0.15, -0.1) is 0 Å². The molecule has 5 nitrogen and oxygen atoms in total. The van der Waals surface area contributed by atoms with Crippen LogP contribution in [0.5, 0.6) is 0 Å². The molecule has 0 aliphatic heterocycles. The van der Waals surface area contributed by atoms with Gasteiger partial charge < -0.3 is 14.2 Å². The third-order valence-corrected chi connectivity index (χ3v) is 3.16. The van der Waals surface area contributed by atoms with Crippen molar-refractivity contribution < 1.29 is 18.0 Å². The van der Waals surface area contributed by atoms with E-state index < -0.39 is 11.7 Å². The van der Waals surface area contributed by atoms with Gasteiger partial charge in [-0.3, -0.25) is 4.79 Å². The Bertz CT molecular complexity index is 841. The summed E-state index contributed by atoms with van der Waals surface area (Å²) in [5, 5.41) is 2.66. The molecular weight excluding hydrogens is 311 g/mol. The first-order chi connectivity index (χ1) is 10.5. The van der Waals surface area contributed by atoms with Gasteiger partial charge >= 0.3 is 0 Å². The summed E-state index contributed by atoms with van der Waals surface area (Å²) in [6, 6.07) is 7.34. The maximum absolute atomic E-state index is 13.7. The number of hydrogen-bond acceptors (Lipinski definition) is 4. The van der Waals surface area contributed by atoms with Gasteiger partial charge in [0.1, 0.15) is 11.6 Å². The molecular formula is C15H10ClFN2O3. The standard InChI is InChI=1S/C15H10ClFN2O3/c1-8-2-5-12(22-8)14-13(18-7-21-14)15(20)19-11-4-3-9(16)6-10(11)17/h2-7H,1H3,(H,19,20). The molecule has 1 N–H and O–H groups in total. The maximum Gasteiger partial charge on any atom is 0.278 e. The summed E-state index contributed by atoms with van der Waals surface area (Å²) < 4.78 is 24.3. The van der Waals surface area contributed by atoms with Crippen molar-refractivity contribution in [1.29, 1.82) is 0 Å². The number of aryl methyl sites for hydroxylation is 1. The second-order valence-corrected chi connectivity index (χ2v) is 4.96.